The van der Waals surface area contributed by atoms with Gasteiger partial charge in [-0.15, -0.1) is 0 Å². The molecule has 1 atom stereocenters. The Morgan fingerprint density at radius 2 is 1.89 bits per heavy atom. The van der Waals surface area contributed by atoms with Crippen molar-refractivity contribution in [3.63, 3.8) is 0 Å². The number of nitrogens with zero attached hydrogens (tertiary/aromatic N) is 1. The number of ether oxygens (including phenoxy) is 1. The number of carbonyl (C=O) groups is 2. The van der Waals surface area contributed by atoms with Crippen molar-refractivity contribution in [1.82, 2.24) is 0 Å². The summed E-state index contributed by atoms with van der Waals surface area (Å²) < 4.78 is 5.20. The first-order valence-electron chi connectivity index (χ1n) is 6.04. The van der Waals surface area contributed by atoms with Gasteiger partial charge >= 0.3 is 6.09 Å². The second-order valence-corrected chi connectivity index (χ2v) is 5.71. The molecule has 2 rings (SSSR count). The SMILES string of the molecule is CC(C)(C)OC(=O)N1C(=O)[C@@](C)(O)c2ccccc21. The smallest absolute Gasteiger partial charge is 0.421 e. The summed E-state index contributed by atoms with van der Waals surface area (Å²) in [6.07, 6.45) is -0.775. The molecule has 1 aliphatic heterocycles. The number of rotatable bonds is 0. The van der Waals surface area contributed by atoms with Crippen LogP contribution in [0.15, 0.2) is 24.3 Å². The molecule has 19 heavy (non-hydrogen) atoms. The van der Waals surface area contributed by atoms with Crippen LogP contribution in [0.1, 0.15) is 33.3 Å². The minimum atomic E-state index is -1.70. The van der Waals surface area contributed by atoms with Gasteiger partial charge in [0.25, 0.3) is 5.91 Å². The highest BCUT2D eigenvalue weighted by Gasteiger charge is 2.49. The van der Waals surface area contributed by atoms with E-state index < -0.39 is 23.2 Å². The maximum Gasteiger partial charge on any atom is 0.421 e. The first-order valence-corrected chi connectivity index (χ1v) is 6.04. The Morgan fingerprint density at radius 3 is 2.47 bits per heavy atom. The summed E-state index contributed by atoms with van der Waals surface area (Å²) in [5.74, 6) is -0.692. The van der Waals surface area contributed by atoms with Gasteiger partial charge < -0.3 is 9.84 Å². The van der Waals surface area contributed by atoms with E-state index in [4.69, 9.17) is 4.74 Å². The van der Waals surface area contributed by atoms with Crippen molar-refractivity contribution in [1.29, 1.82) is 0 Å². The Balaban J connectivity index is 2.43. The van der Waals surface area contributed by atoms with E-state index in [1.54, 1.807) is 45.0 Å². The molecule has 5 heteroatoms. The molecule has 5 nitrogen and oxygen atoms in total. The monoisotopic (exact) mass is 263 g/mol. The topological polar surface area (TPSA) is 66.8 Å². The first kappa shape index (κ1) is 13.5. The van der Waals surface area contributed by atoms with Gasteiger partial charge in [-0.25, -0.2) is 9.69 Å². The zero-order valence-electron chi connectivity index (χ0n) is 11.4. The van der Waals surface area contributed by atoms with Crippen LogP contribution in [-0.4, -0.2) is 22.7 Å². The minimum absolute atomic E-state index is 0.367. The number of para-hydroxylation sites is 1. The molecule has 0 bridgehead atoms. The molecular weight excluding hydrogens is 246 g/mol. The van der Waals surface area contributed by atoms with Crippen molar-refractivity contribution >= 4 is 17.7 Å². The number of carbonyl (C=O) groups excluding carboxylic acids is 2. The van der Waals surface area contributed by atoms with Crippen LogP contribution >= 0.6 is 0 Å². The number of aliphatic hydroxyl groups is 1. The lowest BCUT2D eigenvalue weighted by atomic mass is 9.98. The van der Waals surface area contributed by atoms with Gasteiger partial charge in [-0.3, -0.25) is 4.79 Å². The van der Waals surface area contributed by atoms with Gasteiger partial charge in [0, 0.05) is 5.56 Å². The van der Waals surface area contributed by atoms with Crippen molar-refractivity contribution in [2.24, 2.45) is 0 Å². The van der Waals surface area contributed by atoms with Gasteiger partial charge in [-0.1, -0.05) is 18.2 Å². The number of amides is 2. The molecule has 0 spiro atoms. The molecule has 0 saturated carbocycles. The summed E-state index contributed by atoms with van der Waals surface area (Å²) in [7, 11) is 0. The predicted octanol–water partition coefficient (Wildman–Crippen LogP) is 2.18. The second-order valence-electron chi connectivity index (χ2n) is 5.71. The zero-order valence-corrected chi connectivity index (χ0v) is 11.4. The van der Waals surface area contributed by atoms with E-state index in [1.807, 2.05) is 0 Å². The van der Waals surface area contributed by atoms with Gasteiger partial charge in [-0.05, 0) is 33.8 Å². The van der Waals surface area contributed by atoms with Gasteiger partial charge in [0.2, 0.25) is 0 Å². The van der Waals surface area contributed by atoms with E-state index >= 15 is 0 Å². The summed E-state index contributed by atoms with van der Waals surface area (Å²) in [4.78, 5) is 25.2. The Labute approximate surface area is 111 Å². The molecule has 1 N–H and O–H groups in total. The lowest BCUT2D eigenvalue weighted by molar-refractivity contribution is -0.134. The molecule has 1 aliphatic rings. The first-order chi connectivity index (χ1) is 8.64. The van der Waals surface area contributed by atoms with Gasteiger partial charge in [0.15, 0.2) is 5.60 Å². The van der Waals surface area contributed by atoms with E-state index in [1.165, 1.54) is 6.92 Å². The predicted molar refractivity (Wildman–Crippen MR) is 69.7 cm³/mol. The molecule has 0 radical (unpaired) electrons. The zero-order chi connectivity index (χ0) is 14.4. The van der Waals surface area contributed by atoms with Crippen LogP contribution in [0.2, 0.25) is 0 Å². The van der Waals surface area contributed by atoms with E-state index in [-0.39, 0.29) is 0 Å². The Kier molecular flexibility index (Phi) is 2.90. The number of fused-ring (bicyclic) bond motifs is 1. The number of anilines is 1. The van der Waals surface area contributed by atoms with E-state index in [0.717, 1.165) is 4.90 Å². The average Bonchev–Trinajstić information content (AvgIpc) is 2.46. The fourth-order valence-electron chi connectivity index (χ4n) is 2.01. The summed E-state index contributed by atoms with van der Waals surface area (Å²) >= 11 is 0. The minimum Gasteiger partial charge on any atom is -0.443 e. The molecule has 102 valence electrons. The number of imide groups is 1. The third-order valence-electron chi connectivity index (χ3n) is 2.87. The standard InChI is InChI=1S/C14H17NO4/c1-13(2,3)19-12(17)15-10-8-6-5-7-9(10)14(4,18)11(15)16/h5-8,18H,1-4H3/t14-/m0/s1. The van der Waals surface area contributed by atoms with Crippen LogP contribution in [0.5, 0.6) is 0 Å². The molecule has 0 unspecified atom stereocenters. The van der Waals surface area contributed by atoms with Crippen LogP contribution in [0.25, 0.3) is 0 Å². The van der Waals surface area contributed by atoms with Crippen LogP contribution < -0.4 is 4.90 Å². The Morgan fingerprint density at radius 1 is 1.32 bits per heavy atom. The molecule has 1 aromatic carbocycles. The van der Waals surface area contributed by atoms with E-state index in [0.29, 0.717) is 11.3 Å². The van der Waals surface area contributed by atoms with Crippen molar-refractivity contribution in [2.45, 2.75) is 38.9 Å². The molecule has 0 aliphatic carbocycles. The Hall–Kier alpha value is -1.88. The molecule has 2 amide bonds. The van der Waals surface area contributed by atoms with Crippen molar-refractivity contribution in [3.8, 4) is 0 Å². The third kappa shape index (κ3) is 2.21. The third-order valence-corrected chi connectivity index (χ3v) is 2.87. The van der Waals surface area contributed by atoms with Crippen LogP contribution in [0, 0.1) is 0 Å². The van der Waals surface area contributed by atoms with Crippen LogP contribution in [0.4, 0.5) is 10.5 Å². The number of hydrogen-bond acceptors (Lipinski definition) is 4. The number of benzene rings is 1. The summed E-state index contributed by atoms with van der Waals surface area (Å²) in [5, 5.41) is 10.2. The van der Waals surface area contributed by atoms with Crippen molar-refractivity contribution in [2.75, 3.05) is 4.90 Å². The van der Waals surface area contributed by atoms with Gasteiger partial charge in [0.05, 0.1) is 5.69 Å². The highest BCUT2D eigenvalue weighted by Crippen LogP contribution is 2.40. The molecule has 0 fully saturated rings. The van der Waals surface area contributed by atoms with Crippen molar-refractivity contribution < 1.29 is 19.4 Å². The summed E-state index contributed by atoms with van der Waals surface area (Å²) in [6, 6.07) is 6.64. The maximum atomic E-state index is 12.2. The van der Waals surface area contributed by atoms with E-state index in [9.17, 15) is 14.7 Å². The fourth-order valence-corrected chi connectivity index (χ4v) is 2.01. The lowest BCUT2D eigenvalue weighted by Gasteiger charge is -2.24. The average molecular weight is 263 g/mol. The molecule has 0 saturated heterocycles. The van der Waals surface area contributed by atoms with Crippen LogP contribution in [0.3, 0.4) is 0 Å². The van der Waals surface area contributed by atoms with Gasteiger partial charge in [-0.2, -0.15) is 0 Å². The van der Waals surface area contributed by atoms with Gasteiger partial charge in [0.1, 0.15) is 5.60 Å². The molecule has 1 aromatic rings. The number of hydrogen-bond donors (Lipinski definition) is 1. The Bertz CT molecular complexity index is 543. The van der Waals surface area contributed by atoms with Crippen LogP contribution in [-0.2, 0) is 15.1 Å². The molecular formula is C14H17NO4. The summed E-state index contributed by atoms with van der Waals surface area (Å²) in [5.41, 5.74) is -1.63. The quantitative estimate of drug-likeness (QED) is 0.779. The largest absolute Gasteiger partial charge is 0.443 e. The fraction of sp³-hybridized carbons (Fsp3) is 0.429. The normalized spacial score (nSPS) is 22.4. The van der Waals surface area contributed by atoms with Crippen molar-refractivity contribution in [3.05, 3.63) is 29.8 Å². The maximum absolute atomic E-state index is 12.2. The highest BCUT2D eigenvalue weighted by molar-refractivity contribution is 6.20. The highest BCUT2D eigenvalue weighted by atomic mass is 16.6. The summed E-state index contributed by atoms with van der Waals surface area (Å²) in [6.45, 7) is 6.53. The van der Waals surface area contributed by atoms with E-state index in [2.05, 4.69) is 0 Å². The molecule has 1 heterocycles. The lowest BCUT2D eigenvalue weighted by Crippen LogP contribution is -2.44. The second kappa shape index (κ2) is 4.06. The molecule has 0 aromatic heterocycles.